The molecular weight excluding hydrogens is 452 g/mol. The summed E-state index contributed by atoms with van der Waals surface area (Å²) in [5.74, 6) is -0.851. The molecule has 7 nitrogen and oxygen atoms in total. The van der Waals surface area contributed by atoms with Gasteiger partial charge in [0, 0.05) is 0 Å². The van der Waals surface area contributed by atoms with Gasteiger partial charge in [-0.1, -0.05) is 42.5 Å². The van der Waals surface area contributed by atoms with E-state index in [4.69, 9.17) is 14.5 Å². The van der Waals surface area contributed by atoms with Crippen molar-refractivity contribution >= 4 is 46.3 Å². The predicted molar refractivity (Wildman–Crippen MR) is 131 cm³/mol. The van der Waals surface area contributed by atoms with Gasteiger partial charge in [-0.3, -0.25) is 9.69 Å². The lowest BCUT2D eigenvalue weighted by Gasteiger charge is -2.15. The number of amides is 1. The molecule has 1 fully saturated rings. The minimum Gasteiger partial charge on any atom is -0.546 e. The maximum Gasteiger partial charge on any atom is 0.271 e. The minimum atomic E-state index is -1.33. The zero-order chi connectivity index (χ0) is 23.9. The van der Waals surface area contributed by atoms with Crippen molar-refractivity contribution in [2.45, 2.75) is 6.92 Å². The van der Waals surface area contributed by atoms with Crippen LogP contribution in [0.5, 0.6) is 11.5 Å². The topological polar surface area (TPSA) is 91.3 Å². The van der Waals surface area contributed by atoms with Crippen molar-refractivity contribution < 1.29 is 24.2 Å². The smallest absolute Gasteiger partial charge is 0.271 e. The third-order valence-corrected chi connectivity index (χ3v) is 5.68. The van der Waals surface area contributed by atoms with Gasteiger partial charge in [0.2, 0.25) is 0 Å². The first-order valence-electron chi connectivity index (χ1n) is 10.6. The molecule has 3 aromatic carbocycles. The highest BCUT2D eigenvalue weighted by Gasteiger charge is 2.34. The first-order chi connectivity index (χ1) is 16.5. The number of benzene rings is 3. The fraction of sp³-hybridized carbons (Fsp3) is 0.115. The molecule has 1 aliphatic heterocycles. The van der Waals surface area contributed by atoms with Crippen LogP contribution in [0.4, 0.5) is 11.4 Å². The van der Waals surface area contributed by atoms with Gasteiger partial charge >= 0.3 is 0 Å². The SMILES string of the molecule is CCOc1cc(/C=C2\SC(=Nc3ccccc3)N(c3ccccc3)C2=O)ccc1OCC(=O)[O-]. The van der Waals surface area contributed by atoms with Crippen molar-refractivity contribution in [3.05, 3.63) is 89.3 Å². The number of aliphatic imine (C=N–C) groups is 1. The van der Waals surface area contributed by atoms with Crippen molar-refractivity contribution in [2.24, 2.45) is 4.99 Å². The Morgan fingerprint density at radius 1 is 1.00 bits per heavy atom. The Hall–Kier alpha value is -4.04. The number of para-hydroxylation sites is 2. The second kappa shape index (κ2) is 10.7. The van der Waals surface area contributed by atoms with Gasteiger partial charge in [-0.15, -0.1) is 0 Å². The van der Waals surface area contributed by atoms with Crippen LogP contribution in [0, 0.1) is 0 Å². The molecule has 0 aromatic heterocycles. The number of carbonyl (C=O) groups is 2. The molecule has 0 atom stereocenters. The quantitative estimate of drug-likeness (QED) is 0.459. The summed E-state index contributed by atoms with van der Waals surface area (Å²) in [5, 5.41) is 11.3. The lowest BCUT2D eigenvalue weighted by Crippen LogP contribution is -2.29. The van der Waals surface area contributed by atoms with Crippen LogP contribution in [0.1, 0.15) is 12.5 Å². The largest absolute Gasteiger partial charge is 0.546 e. The summed E-state index contributed by atoms with van der Waals surface area (Å²) in [6.45, 7) is 1.60. The zero-order valence-corrected chi connectivity index (χ0v) is 19.2. The minimum absolute atomic E-state index is 0.193. The van der Waals surface area contributed by atoms with Crippen LogP contribution < -0.4 is 19.5 Å². The van der Waals surface area contributed by atoms with E-state index in [1.54, 1.807) is 29.2 Å². The first-order valence-corrected chi connectivity index (χ1v) is 11.4. The Bertz CT molecular complexity index is 1240. The van der Waals surface area contributed by atoms with Gasteiger partial charge < -0.3 is 19.4 Å². The number of anilines is 1. The van der Waals surface area contributed by atoms with E-state index in [0.29, 0.717) is 28.0 Å². The number of ether oxygens (including phenoxy) is 2. The molecule has 1 heterocycles. The highest BCUT2D eigenvalue weighted by molar-refractivity contribution is 8.19. The number of nitrogens with zero attached hydrogens (tertiary/aromatic N) is 2. The lowest BCUT2D eigenvalue weighted by atomic mass is 10.1. The molecule has 1 aliphatic rings. The molecule has 3 aromatic rings. The Labute approximate surface area is 201 Å². The molecule has 0 bridgehead atoms. The van der Waals surface area contributed by atoms with Crippen LogP contribution in [-0.2, 0) is 9.59 Å². The second-order valence-electron chi connectivity index (χ2n) is 7.12. The van der Waals surface area contributed by atoms with Crippen molar-refractivity contribution in [1.82, 2.24) is 0 Å². The number of thioether (sulfide) groups is 1. The second-order valence-corrected chi connectivity index (χ2v) is 8.13. The molecule has 1 saturated heterocycles. The molecule has 0 aliphatic carbocycles. The standard InChI is InChI=1S/C26H22N2O5S/c1-2-32-22-15-18(13-14-21(22)33-17-24(29)30)16-23-25(31)28(20-11-7-4-8-12-20)26(34-23)27-19-9-5-3-6-10-19/h3-16H,2,17H2,1H3,(H,29,30)/p-1/b23-16-,27-26?. The average molecular weight is 474 g/mol. The first kappa shape index (κ1) is 23.1. The highest BCUT2D eigenvalue weighted by Crippen LogP contribution is 2.38. The van der Waals surface area contributed by atoms with Gasteiger partial charge in [0.15, 0.2) is 16.7 Å². The molecule has 4 rings (SSSR count). The normalized spacial score (nSPS) is 15.7. The van der Waals surface area contributed by atoms with Gasteiger partial charge in [0.25, 0.3) is 5.91 Å². The van der Waals surface area contributed by atoms with E-state index in [1.165, 1.54) is 11.8 Å². The monoisotopic (exact) mass is 473 g/mol. The van der Waals surface area contributed by atoms with Crippen LogP contribution >= 0.6 is 11.8 Å². The number of carboxylic acid groups (broad SMARTS) is 1. The van der Waals surface area contributed by atoms with E-state index in [1.807, 2.05) is 67.6 Å². The maximum absolute atomic E-state index is 13.4. The molecule has 0 spiro atoms. The summed E-state index contributed by atoms with van der Waals surface area (Å²) in [4.78, 5) is 30.9. The molecule has 172 valence electrons. The molecular formula is C26H21N2O5S-. The van der Waals surface area contributed by atoms with Gasteiger partial charge in [-0.25, -0.2) is 4.99 Å². The Balaban J connectivity index is 1.69. The molecule has 0 unspecified atom stereocenters. The Morgan fingerprint density at radius 3 is 2.38 bits per heavy atom. The van der Waals surface area contributed by atoms with E-state index in [0.717, 1.165) is 11.4 Å². The number of aliphatic carboxylic acids is 1. The van der Waals surface area contributed by atoms with Crippen molar-refractivity contribution in [2.75, 3.05) is 18.1 Å². The number of rotatable bonds is 8. The van der Waals surface area contributed by atoms with Crippen molar-refractivity contribution in [1.29, 1.82) is 0 Å². The van der Waals surface area contributed by atoms with E-state index < -0.39 is 12.6 Å². The molecule has 0 N–H and O–H groups in total. The van der Waals surface area contributed by atoms with Gasteiger partial charge in [0.05, 0.1) is 28.9 Å². The van der Waals surface area contributed by atoms with Gasteiger partial charge in [-0.2, -0.15) is 0 Å². The summed E-state index contributed by atoms with van der Waals surface area (Å²) in [5.41, 5.74) is 2.17. The summed E-state index contributed by atoms with van der Waals surface area (Å²) in [7, 11) is 0. The molecule has 0 saturated carbocycles. The van der Waals surface area contributed by atoms with Gasteiger partial charge in [0.1, 0.15) is 6.61 Å². The van der Waals surface area contributed by atoms with Crippen LogP contribution in [0.3, 0.4) is 0 Å². The van der Waals surface area contributed by atoms with E-state index in [9.17, 15) is 14.7 Å². The van der Waals surface area contributed by atoms with E-state index in [-0.39, 0.29) is 11.7 Å². The van der Waals surface area contributed by atoms with Gasteiger partial charge in [-0.05, 0) is 66.7 Å². The molecule has 34 heavy (non-hydrogen) atoms. The van der Waals surface area contributed by atoms with Crippen molar-refractivity contribution in [3.63, 3.8) is 0 Å². The highest BCUT2D eigenvalue weighted by atomic mass is 32.2. The zero-order valence-electron chi connectivity index (χ0n) is 18.3. The van der Waals surface area contributed by atoms with E-state index in [2.05, 4.69) is 0 Å². The van der Waals surface area contributed by atoms with Crippen molar-refractivity contribution in [3.8, 4) is 11.5 Å². The Morgan fingerprint density at radius 2 is 1.71 bits per heavy atom. The van der Waals surface area contributed by atoms with E-state index >= 15 is 0 Å². The number of hydrogen-bond acceptors (Lipinski definition) is 7. The summed E-state index contributed by atoms with van der Waals surface area (Å²) in [6.07, 6.45) is 1.75. The Kier molecular flexibility index (Phi) is 7.29. The molecule has 8 heteroatoms. The number of hydrogen-bond donors (Lipinski definition) is 0. The van der Waals surface area contributed by atoms with Crippen LogP contribution in [0.25, 0.3) is 6.08 Å². The lowest BCUT2D eigenvalue weighted by molar-refractivity contribution is -0.307. The average Bonchev–Trinajstić information content (AvgIpc) is 3.14. The van der Waals surface area contributed by atoms with Crippen LogP contribution in [0.2, 0.25) is 0 Å². The summed E-state index contributed by atoms with van der Waals surface area (Å²) < 4.78 is 10.8. The fourth-order valence-corrected chi connectivity index (χ4v) is 4.26. The fourth-order valence-electron chi connectivity index (χ4n) is 3.26. The maximum atomic E-state index is 13.4. The van der Waals surface area contributed by atoms with Crippen LogP contribution in [0.15, 0.2) is 88.8 Å². The number of carbonyl (C=O) groups excluding carboxylic acids is 2. The molecule has 1 amide bonds. The molecule has 0 radical (unpaired) electrons. The third kappa shape index (κ3) is 5.47. The number of carboxylic acids is 1. The van der Waals surface area contributed by atoms with Crippen LogP contribution in [-0.4, -0.2) is 30.3 Å². The summed E-state index contributed by atoms with van der Waals surface area (Å²) >= 11 is 1.28. The summed E-state index contributed by atoms with van der Waals surface area (Å²) in [6, 6.07) is 23.8. The third-order valence-electron chi connectivity index (χ3n) is 4.71. The number of amidine groups is 1. The predicted octanol–water partition coefficient (Wildman–Crippen LogP) is 4.02.